The molecule has 3 heteroatoms. The number of H-pyrrole nitrogens is 1. The Hall–Kier alpha value is -1.46. The summed E-state index contributed by atoms with van der Waals surface area (Å²) in [5, 5.41) is 5.98. The molecule has 0 atom stereocenters. The zero-order valence-electron chi connectivity index (χ0n) is 11.3. The van der Waals surface area contributed by atoms with Gasteiger partial charge < -0.3 is 4.98 Å². The minimum absolute atomic E-state index is 0.349. The third-order valence-electron chi connectivity index (χ3n) is 3.67. The highest BCUT2D eigenvalue weighted by Gasteiger charge is 2.17. The van der Waals surface area contributed by atoms with E-state index in [1.54, 1.807) is 0 Å². The number of rotatable bonds is 2. The van der Waals surface area contributed by atoms with Crippen molar-refractivity contribution in [1.29, 1.82) is 0 Å². The predicted molar refractivity (Wildman–Crippen MR) is 102 cm³/mol. The summed E-state index contributed by atoms with van der Waals surface area (Å²) < 4.78 is 1.26. The van der Waals surface area contributed by atoms with Crippen molar-refractivity contribution in [3.05, 3.63) is 75.1 Å². The molecular weight excluding hydrogens is 389 g/mol. The molecule has 104 valence electrons. The van der Waals surface area contributed by atoms with Crippen LogP contribution < -0.4 is 0 Å². The van der Waals surface area contributed by atoms with E-state index >= 15 is 0 Å². The molecule has 1 aliphatic heterocycles. The number of hydrogen-bond acceptors (Lipinski definition) is 0. The Morgan fingerprint density at radius 2 is 1.57 bits per heavy atom. The first-order valence-corrected chi connectivity index (χ1v) is 9.39. The molecule has 3 aromatic rings. The van der Waals surface area contributed by atoms with Crippen LogP contribution in [-0.2, 0) is 0 Å². The third-order valence-corrected chi connectivity index (χ3v) is 6.36. The zero-order valence-corrected chi connectivity index (χ0v) is 14.3. The number of aromatic amines is 1. The van der Waals surface area contributed by atoms with Crippen LogP contribution in [-0.4, -0.2) is 4.98 Å². The van der Waals surface area contributed by atoms with Gasteiger partial charge in [-0.15, -0.1) is 0 Å². The van der Waals surface area contributed by atoms with E-state index in [0.29, 0.717) is 0 Å². The highest BCUT2D eigenvalue weighted by molar-refractivity contribution is 14.1. The average Bonchev–Trinajstić information content (AvgIpc) is 3.14. The van der Waals surface area contributed by atoms with E-state index in [0.717, 1.165) is 0 Å². The number of halogens is 1. The van der Waals surface area contributed by atoms with E-state index in [1.807, 2.05) is 0 Å². The monoisotopic (exact) mass is 403 g/mol. The van der Waals surface area contributed by atoms with Crippen LogP contribution >= 0.6 is 33.5 Å². The summed E-state index contributed by atoms with van der Waals surface area (Å²) in [6.45, 7) is 0. The van der Waals surface area contributed by atoms with E-state index in [2.05, 4.69) is 99.1 Å². The first-order chi connectivity index (χ1) is 10.3. The van der Waals surface area contributed by atoms with Crippen molar-refractivity contribution < 1.29 is 0 Å². The number of benzene rings is 2. The number of nitrogens with one attached hydrogen (secondary N) is 1. The van der Waals surface area contributed by atoms with Gasteiger partial charge in [-0.25, -0.2) is 0 Å². The normalized spacial score (nSPS) is 15.2. The molecule has 0 bridgehead atoms. The number of para-hydroxylation sites is 1. The summed E-state index contributed by atoms with van der Waals surface area (Å²) in [5.41, 5.74) is 3.74. The lowest BCUT2D eigenvalue weighted by Gasteiger charge is -2.13. The van der Waals surface area contributed by atoms with Gasteiger partial charge in [0.05, 0.1) is 5.69 Å². The Morgan fingerprint density at radius 3 is 2.33 bits per heavy atom. The molecule has 0 saturated heterocycles. The second-order valence-corrected chi connectivity index (χ2v) is 8.10. The summed E-state index contributed by atoms with van der Waals surface area (Å²) in [6, 6.07) is 17.3. The van der Waals surface area contributed by atoms with Crippen LogP contribution in [0.25, 0.3) is 22.2 Å². The Bertz CT molecular complexity index is 847. The summed E-state index contributed by atoms with van der Waals surface area (Å²) in [7, 11) is -0.349. The topological polar surface area (TPSA) is 15.8 Å². The largest absolute Gasteiger partial charge is 0.354 e. The molecule has 2 heterocycles. The number of allylic oxidation sites excluding steroid dienone is 2. The van der Waals surface area contributed by atoms with Gasteiger partial charge in [0.15, 0.2) is 0 Å². The lowest BCUT2D eigenvalue weighted by Crippen LogP contribution is -1.82. The van der Waals surface area contributed by atoms with Gasteiger partial charge in [-0.2, -0.15) is 10.9 Å². The van der Waals surface area contributed by atoms with Crippen LogP contribution in [0, 0.1) is 3.57 Å². The summed E-state index contributed by atoms with van der Waals surface area (Å²) in [5.74, 6) is 0. The average molecular weight is 403 g/mol. The van der Waals surface area contributed by atoms with Crippen molar-refractivity contribution in [2.45, 2.75) is 4.90 Å². The maximum Gasteiger partial charge on any atom is 0.0591 e. The minimum atomic E-state index is -0.349. The van der Waals surface area contributed by atoms with Gasteiger partial charge in [0, 0.05) is 19.4 Å². The van der Waals surface area contributed by atoms with E-state index in [4.69, 9.17) is 0 Å². The molecule has 0 aliphatic carbocycles. The summed E-state index contributed by atoms with van der Waals surface area (Å²) >= 11 is 2.35. The molecule has 1 aliphatic rings. The lowest BCUT2D eigenvalue weighted by molar-refractivity contribution is 1.39. The maximum absolute atomic E-state index is 3.62. The zero-order chi connectivity index (χ0) is 14.2. The first-order valence-electron chi connectivity index (χ1n) is 6.83. The first kappa shape index (κ1) is 13.2. The molecule has 21 heavy (non-hydrogen) atoms. The molecule has 1 aromatic heterocycles. The van der Waals surface area contributed by atoms with Crippen molar-refractivity contribution in [3.63, 3.8) is 0 Å². The Balaban J connectivity index is 1.99. The molecule has 0 saturated carbocycles. The smallest absolute Gasteiger partial charge is 0.0591 e. The second-order valence-electron chi connectivity index (χ2n) is 4.99. The number of aromatic nitrogens is 1. The molecule has 2 aromatic carbocycles. The molecule has 0 amide bonds. The molecule has 0 unspecified atom stereocenters. The predicted octanol–water partition coefficient (Wildman–Crippen LogP) is 5.84. The summed E-state index contributed by atoms with van der Waals surface area (Å²) in [4.78, 5) is 5.06. The van der Waals surface area contributed by atoms with E-state index in [9.17, 15) is 0 Å². The summed E-state index contributed by atoms with van der Waals surface area (Å²) in [6.07, 6.45) is 4.32. The van der Waals surface area contributed by atoms with Crippen LogP contribution in [0.4, 0.5) is 0 Å². The highest BCUT2D eigenvalue weighted by atomic mass is 127. The van der Waals surface area contributed by atoms with Crippen molar-refractivity contribution >= 4 is 44.4 Å². The van der Waals surface area contributed by atoms with Crippen molar-refractivity contribution in [2.75, 3.05) is 0 Å². The van der Waals surface area contributed by atoms with Crippen LogP contribution in [0.3, 0.4) is 0 Å². The van der Waals surface area contributed by atoms with Crippen LogP contribution in [0.1, 0.15) is 0 Å². The Morgan fingerprint density at radius 1 is 0.857 bits per heavy atom. The van der Waals surface area contributed by atoms with Gasteiger partial charge >= 0.3 is 0 Å². The molecule has 4 rings (SSSR count). The van der Waals surface area contributed by atoms with E-state index in [-0.39, 0.29) is 10.9 Å². The second kappa shape index (κ2) is 5.39. The van der Waals surface area contributed by atoms with Crippen LogP contribution in [0.2, 0.25) is 0 Å². The Labute approximate surface area is 140 Å². The van der Waals surface area contributed by atoms with E-state index < -0.39 is 0 Å². The van der Waals surface area contributed by atoms with Crippen LogP contribution in [0.5, 0.6) is 0 Å². The number of hydrogen-bond donors (Lipinski definition) is 2. The fraction of sp³-hybridized carbons (Fsp3) is 0. The van der Waals surface area contributed by atoms with E-state index in [1.165, 1.54) is 30.6 Å². The van der Waals surface area contributed by atoms with Gasteiger partial charge in [0.2, 0.25) is 0 Å². The molecular formula is C18H14INS. The minimum Gasteiger partial charge on any atom is -0.354 e. The Kier molecular flexibility index (Phi) is 3.39. The van der Waals surface area contributed by atoms with Gasteiger partial charge in [-0.05, 0) is 57.2 Å². The standard InChI is InChI=1S/C18H14INS/c19-14-9-7-13(8-10-14)17-18(21-11-3-4-12-21)15-5-1-2-6-16(15)20-17/h1-12,20-21H. The van der Waals surface area contributed by atoms with Crippen molar-refractivity contribution in [1.82, 2.24) is 4.98 Å². The highest BCUT2D eigenvalue weighted by Crippen LogP contribution is 2.50. The molecule has 1 nitrogen and oxygen atoms in total. The molecule has 0 fully saturated rings. The molecule has 1 N–H and O–H groups in total. The van der Waals surface area contributed by atoms with Crippen LogP contribution in [0.15, 0.2) is 76.4 Å². The fourth-order valence-corrected chi connectivity index (χ4v) is 4.95. The fourth-order valence-electron chi connectivity index (χ4n) is 2.70. The van der Waals surface area contributed by atoms with Gasteiger partial charge in [0.25, 0.3) is 0 Å². The number of fused-ring (bicyclic) bond motifs is 1. The lowest BCUT2D eigenvalue weighted by atomic mass is 10.1. The van der Waals surface area contributed by atoms with Crippen molar-refractivity contribution in [3.8, 4) is 11.3 Å². The van der Waals surface area contributed by atoms with Crippen molar-refractivity contribution in [2.24, 2.45) is 0 Å². The third kappa shape index (κ3) is 2.34. The SMILES string of the molecule is Ic1ccc(-c2[nH]c3ccccc3c2[SH]2C=CC=C2)cc1. The molecule has 0 radical (unpaired) electrons. The van der Waals surface area contributed by atoms with Gasteiger partial charge in [-0.1, -0.05) is 42.5 Å². The molecule has 0 spiro atoms. The number of thiol groups is 1. The maximum atomic E-state index is 3.62. The van der Waals surface area contributed by atoms with Gasteiger partial charge in [-0.3, -0.25) is 0 Å². The van der Waals surface area contributed by atoms with Gasteiger partial charge in [0.1, 0.15) is 0 Å². The quantitative estimate of drug-likeness (QED) is 0.395.